The minimum atomic E-state index is 0.764. The lowest BCUT2D eigenvalue weighted by Gasteiger charge is -2.28. The van der Waals surface area contributed by atoms with Crippen molar-refractivity contribution in [2.45, 2.75) is 59.0 Å². The molecule has 3 heteroatoms. The molecule has 0 atom stereocenters. The van der Waals surface area contributed by atoms with Crippen LogP contribution in [0.15, 0.2) is 22.7 Å². The molecule has 1 N–H and O–H groups in total. The molecular formula is C18H29BrN2. The van der Waals surface area contributed by atoms with Gasteiger partial charge in [-0.2, -0.15) is 0 Å². The van der Waals surface area contributed by atoms with Crippen LogP contribution < -0.4 is 10.2 Å². The van der Waals surface area contributed by atoms with Crippen LogP contribution in [-0.4, -0.2) is 19.1 Å². The van der Waals surface area contributed by atoms with E-state index < -0.39 is 0 Å². The molecule has 0 amide bonds. The first-order valence-electron chi connectivity index (χ1n) is 8.37. The van der Waals surface area contributed by atoms with Crippen LogP contribution in [0.25, 0.3) is 0 Å². The zero-order valence-corrected chi connectivity index (χ0v) is 15.2. The van der Waals surface area contributed by atoms with Gasteiger partial charge in [0.25, 0.3) is 0 Å². The Labute approximate surface area is 138 Å². The molecule has 2 nitrogen and oxygen atoms in total. The third-order valence-corrected chi connectivity index (χ3v) is 4.53. The largest absolute Gasteiger partial charge is 0.368 e. The zero-order chi connectivity index (χ0) is 15.2. The lowest BCUT2D eigenvalue weighted by atomic mass is 10.1. The Hall–Kier alpha value is -0.540. The van der Waals surface area contributed by atoms with Crippen LogP contribution >= 0.6 is 15.9 Å². The second kappa shape index (κ2) is 8.19. The highest BCUT2D eigenvalue weighted by Crippen LogP contribution is 2.35. The van der Waals surface area contributed by atoms with Crippen molar-refractivity contribution in [2.24, 2.45) is 5.92 Å². The molecule has 21 heavy (non-hydrogen) atoms. The molecule has 0 aromatic heterocycles. The van der Waals surface area contributed by atoms with Gasteiger partial charge in [-0.1, -0.05) is 42.8 Å². The number of anilines is 1. The fraction of sp³-hybridized carbons (Fsp3) is 0.667. The van der Waals surface area contributed by atoms with E-state index in [0.29, 0.717) is 0 Å². The van der Waals surface area contributed by atoms with Crippen molar-refractivity contribution >= 4 is 21.6 Å². The predicted octanol–water partition coefficient (Wildman–Crippen LogP) is 4.96. The van der Waals surface area contributed by atoms with Crippen LogP contribution in [0.4, 0.5) is 5.69 Å². The molecule has 0 aliphatic heterocycles. The first kappa shape index (κ1) is 16.8. The van der Waals surface area contributed by atoms with Gasteiger partial charge in [-0.05, 0) is 55.8 Å². The fourth-order valence-corrected chi connectivity index (χ4v) is 2.99. The Balaban J connectivity index is 2.14. The molecule has 1 aliphatic carbocycles. The van der Waals surface area contributed by atoms with Crippen LogP contribution in [0, 0.1) is 5.92 Å². The molecular weight excluding hydrogens is 324 g/mol. The van der Waals surface area contributed by atoms with Gasteiger partial charge in [0, 0.05) is 29.3 Å². The zero-order valence-electron chi connectivity index (χ0n) is 13.7. The van der Waals surface area contributed by atoms with Crippen molar-refractivity contribution in [1.82, 2.24) is 5.32 Å². The van der Waals surface area contributed by atoms with Gasteiger partial charge in [0.05, 0.1) is 0 Å². The molecule has 118 valence electrons. The fourth-order valence-electron chi connectivity index (χ4n) is 2.64. The van der Waals surface area contributed by atoms with Gasteiger partial charge in [0.1, 0.15) is 0 Å². The highest BCUT2D eigenvalue weighted by atomic mass is 79.9. The van der Waals surface area contributed by atoms with E-state index in [1.807, 2.05) is 0 Å². The smallest absolute Gasteiger partial charge is 0.0425 e. The summed E-state index contributed by atoms with van der Waals surface area (Å²) in [5.41, 5.74) is 2.86. The summed E-state index contributed by atoms with van der Waals surface area (Å²) in [6.07, 6.45) is 5.16. The molecule has 1 aliphatic rings. The quantitative estimate of drug-likeness (QED) is 0.631. The van der Waals surface area contributed by atoms with Crippen molar-refractivity contribution in [1.29, 1.82) is 0 Å². The number of hydrogen-bond donors (Lipinski definition) is 1. The second-order valence-corrected chi connectivity index (χ2v) is 7.47. The maximum Gasteiger partial charge on any atom is 0.0425 e. The standard InChI is InChI=1S/C18H29BrN2/c1-4-10-20-13-15-5-6-16(19)12-18(15)21(17-7-8-17)11-9-14(2)3/h5-6,12,14,17,20H,4,7-11,13H2,1-3H3. The minimum Gasteiger partial charge on any atom is -0.368 e. The molecule has 2 rings (SSSR count). The Morgan fingerprint density at radius 2 is 2.10 bits per heavy atom. The first-order valence-corrected chi connectivity index (χ1v) is 9.17. The molecule has 1 aromatic carbocycles. The molecule has 0 spiro atoms. The van der Waals surface area contributed by atoms with E-state index in [-0.39, 0.29) is 0 Å². The van der Waals surface area contributed by atoms with Crippen LogP contribution in [0.2, 0.25) is 0 Å². The van der Waals surface area contributed by atoms with E-state index in [0.717, 1.165) is 25.0 Å². The Morgan fingerprint density at radius 1 is 1.33 bits per heavy atom. The molecule has 0 unspecified atom stereocenters. The minimum absolute atomic E-state index is 0.764. The lowest BCUT2D eigenvalue weighted by Crippen LogP contribution is -2.29. The summed E-state index contributed by atoms with van der Waals surface area (Å²) in [4.78, 5) is 2.65. The van der Waals surface area contributed by atoms with Gasteiger partial charge >= 0.3 is 0 Å². The van der Waals surface area contributed by atoms with Gasteiger partial charge < -0.3 is 10.2 Å². The van der Waals surface area contributed by atoms with Gasteiger partial charge in [0.15, 0.2) is 0 Å². The summed E-state index contributed by atoms with van der Waals surface area (Å²) < 4.78 is 1.19. The van der Waals surface area contributed by atoms with E-state index >= 15 is 0 Å². The Kier molecular flexibility index (Phi) is 6.56. The number of halogens is 1. The average molecular weight is 353 g/mol. The molecule has 0 bridgehead atoms. The summed E-state index contributed by atoms with van der Waals surface area (Å²) in [7, 11) is 0. The van der Waals surface area contributed by atoms with Crippen molar-refractivity contribution in [3.05, 3.63) is 28.2 Å². The van der Waals surface area contributed by atoms with Crippen LogP contribution in [0.1, 0.15) is 52.0 Å². The SMILES string of the molecule is CCCNCc1ccc(Br)cc1N(CCC(C)C)C1CC1. The predicted molar refractivity (Wildman–Crippen MR) is 96.0 cm³/mol. The molecule has 0 radical (unpaired) electrons. The van der Waals surface area contributed by atoms with Gasteiger partial charge in [-0.25, -0.2) is 0 Å². The molecule has 0 heterocycles. The lowest BCUT2D eigenvalue weighted by molar-refractivity contribution is 0.569. The summed E-state index contributed by atoms with van der Waals surface area (Å²) in [6.45, 7) is 10.1. The topological polar surface area (TPSA) is 15.3 Å². The molecule has 1 fully saturated rings. The maximum atomic E-state index is 3.65. The van der Waals surface area contributed by atoms with E-state index in [4.69, 9.17) is 0 Å². The number of rotatable bonds is 9. The Morgan fingerprint density at radius 3 is 2.71 bits per heavy atom. The average Bonchev–Trinajstić information content (AvgIpc) is 3.26. The summed E-state index contributed by atoms with van der Waals surface area (Å²) >= 11 is 3.65. The van der Waals surface area contributed by atoms with E-state index in [1.54, 1.807) is 0 Å². The monoisotopic (exact) mass is 352 g/mol. The van der Waals surface area contributed by atoms with E-state index in [1.165, 1.54) is 48.0 Å². The van der Waals surface area contributed by atoms with E-state index in [2.05, 4.69) is 65.1 Å². The highest BCUT2D eigenvalue weighted by molar-refractivity contribution is 9.10. The summed E-state index contributed by atoms with van der Waals surface area (Å²) in [5.74, 6) is 0.764. The molecule has 0 saturated heterocycles. The first-order chi connectivity index (χ1) is 10.1. The number of benzene rings is 1. The number of nitrogens with zero attached hydrogens (tertiary/aromatic N) is 1. The third kappa shape index (κ3) is 5.30. The summed E-state index contributed by atoms with van der Waals surface area (Å²) in [5, 5.41) is 3.55. The number of nitrogens with one attached hydrogen (secondary N) is 1. The van der Waals surface area contributed by atoms with Gasteiger partial charge in [-0.3, -0.25) is 0 Å². The molecule has 1 saturated carbocycles. The summed E-state index contributed by atoms with van der Waals surface area (Å²) in [6, 6.07) is 7.51. The van der Waals surface area contributed by atoms with E-state index in [9.17, 15) is 0 Å². The number of hydrogen-bond acceptors (Lipinski definition) is 2. The van der Waals surface area contributed by atoms with Crippen LogP contribution in [-0.2, 0) is 6.54 Å². The van der Waals surface area contributed by atoms with Crippen molar-refractivity contribution in [2.75, 3.05) is 18.0 Å². The van der Waals surface area contributed by atoms with Gasteiger partial charge in [0.2, 0.25) is 0 Å². The highest BCUT2D eigenvalue weighted by Gasteiger charge is 2.30. The van der Waals surface area contributed by atoms with Crippen molar-refractivity contribution in [3.63, 3.8) is 0 Å². The maximum absolute atomic E-state index is 3.65. The van der Waals surface area contributed by atoms with Crippen LogP contribution in [0.5, 0.6) is 0 Å². The third-order valence-electron chi connectivity index (χ3n) is 4.03. The second-order valence-electron chi connectivity index (χ2n) is 6.56. The Bertz CT molecular complexity index is 441. The van der Waals surface area contributed by atoms with Crippen molar-refractivity contribution < 1.29 is 0 Å². The van der Waals surface area contributed by atoms with Gasteiger partial charge in [-0.15, -0.1) is 0 Å². The van der Waals surface area contributed by atoms with Crippen molar-refractivity contribution in [3.8, 4) is 0 Å². The normalized spacial score (nSPS) is 14.7. The molecule has 1 aromatic rings. The van der Waals surface area contributed by atoms with Crippen LogP contribution in [0.3, 0.4) is 0 Å².